The molecule has 0 unspecified atom stereocenters. The third kappa shape index (κ3) is 3.97. The van der Waals surface area contributed by atoms with Crippen molar-refractivity contribution in [2.24, 2.45) is 0 Å². The molecule has 114 valence electrons. The van der Waals surface area contributed by atoms with Gasteiger partial charge in [0.15, 0.2) is 0 Å². The minimum atomic E-state index is -0.998. The van der Waals surface area contributed by atoms with Gasteiger partial charge in [-0.05, 0) is 49.3 Å². The first-order chi connectivity index (χ1) is 10.1. The van der Waals surface area contributed by atoms with Crippen molar-refractivity contribution in [1.82, 2.24) is 5.32 Å². The zero-order chi connectivity index (χ0) is 15.2. The summed E-state index contributed by atoms with van der Waals surface area (Å²) in [6.45, 7) is 1.89. The Kier molecular flexibility index (Phi) is 5.20. The first-order valence-electron chi connectivity index (χ1n) is 7.53. The fourth-order valence-corrected chi connectivity index (χ4v) is 2.76. The van der Waals surface area contributed by atoms with Crippen molar-refractivity contribution in [2.75, 3.05) is 5.32 Å². The highest BCUT2D eigenvalue weighted by molar-refractivity contribution is 5.93. The molecule has 5 heteroatoms. The number of urea groups is 1. The van der Waals surface area contributed by atoms with Crippen LogP contribution in [-0.4, -0.2) is 23.1 Å². The van der Waals surface area contributed by atoms with E-state index < -0.39 is 18.0 Å². The van der Waals surface area contributed by atoms with Crippen molar-refractivity contribution in [3.8, 4) is 0 Å². The summed E-state index contributed by atoms with van der Waals surface area (Å²) in [5.74, 6) is -0.998. The van der Waals surface area contributed by atoms with Gasteiger partial charge < -0.3 is 15.7 Å². The lowest BCUT2D eigenvalue weighted by molar-refractivity contribution is -0.139. The topological polar surface area (TPSA) is 78.4 Å². The Morgan fingerprint density at radius 3 is 2.76 bits per heavy atom. The van der Waals surface area contributed by atoms with Crippen LogP contribution in [0.3, 0.4) is 0 Å². The average molecular weight is 290 g/mol. The molecule has 0 saturated heterocycles. The highest BCUT2D eigenvalue weighted by atomic mass is 16.4. The second kappa shape index (κ2) is 7.11. The number of carbonyl (C=O) groups excluding carboxylic acids is 1. The summed E-state index contributed by atoms with van der Waals surface area (Å²) < 4.78 is 0. The zero-order valence-corrected chi connectivity index (χ0v) is 12.3. The molecule has 1 atom stereocenters. The average Bonchev–Trinajstić information content (AvgIpc) is 2.47. The van der Waals surface area contributed by atoms with Gasteiger partial charge in [-0.3, -0.25) is 0 Å². The Bertz CT molecular complexity index is 528. The maximum Gasteiger partial charge on any atom is 0.326 e. The van der Waals surface area contributed by atoms with Crippen molar-refractivity contribution in [3.05, 3.63) is 29.3 Å². The number of nitrogens with one attached hydrogen (secondary N) is 2. The van der Waals surface area contributed by atoms with E-state index in [2.05, 4.69) is 16.7 Å². The quantitative estimate of drug-likeness (QED) is 0.780. The molecule has 3 N–H and O–H groups in total. The van der Waals surface area contributed by atoms with Crippen molar-refractivity contribution in [2.45, 2.75) is 51.5 Å². The van der Waals surface area contributed by atoms with Gasteiger partial charge >= 0.3 is 12.0 Å². The summed E-state index contributed by atoms with van der Waals surface area (Å²) >= 11 is 0. The van der Waals surface area contributed by atoms with Crippen LogP contribution < -0.4 is 10.6 Å². The van der Waals surface area contributed by atoms with Gasteiger partial charge in [-0.2, -0.15) is 0 Å². The molecule has 2 rings (SSSR count). The monoisotopic (exact) mass is 290 g/mol. The van der Waals surface area contributed by atoms with Crippen LogP contribution in [-0.2, 0) is 17.6 Å². The van der Waals surface area contributed by atoms with Gasteiger partial charge in [0.25, 0.3) is 0 Å². The number of rotatable bonds is 5. The number of aryl methyl sites for hydroxylation is 1. The van der Waals surface area contributed by atoms with Crippen molar-refractivity contribution in [1.29, 1.82) is 0 Å². The van der Waals surface area contributed by atoms with Crippen LogP contribution >= 0.6 is 0 Å². The SMILES string of the molecule is CCC[C@@H](NC(=O)Nc1cccc2c1CCCC2)C(=O)O. The number of hydrogen-bond donors (Lipinski definition) is 3. The van der Waals surface area contributed by atoms with Crippen molar-refractivity contribution in [3.63, 3.8) is 0 Å². The van der Waals surface area contributed by atoms with Gasteiger partial charge in [0.1, 0.15) is 6.04 Å². The van der Waals surface area contributed by atoms with Crippen LogP contribution in [0.5, 0.6) is 0 Å². The molecule has 0 heterocycles. The predicted octanol–water partition coefficient (Wildman–Crippen LogP) is 2.94. The molecular formula is C16H22N2O3. The summed E-state index contributed by atoms with van der Waals surface area (Å²) in [6, 6.07) is 4.61. The number of carboxylic acids is 1. The van der Waals surface area contributed by atoms with Crippen LogP contribution in [0.1, 0.15) is 43.7 Å². The Morgan fingerprint density at radius 2 is 2.05 bits per heavy atom. The maximum absolute atomic E-state index is 12.0. The van der Waals surface area contributed by atoms with E-state index in [-0.39, 0.29) is 0 Å². The lowest BCUT2D eigenvalue weighted by Crippen LogP contribution is -2.43. The molecule has 0 fully saturated rings. The number of amides is 2. The first kappa shape index (κ1) is 15.4. The smallest absolute Gasteiger partial charge is 0.326 e. The highest BCUT2D eigenvalue weighted by Crippen LogP contribution is 2.27. The van der Waals surface area contributed by atoms with Crippen LogP contribution in [0, 0.1) is 0 Å². The largest absolute Gasteiger partial charge is 0.480 e. The molecule has 1 aliphatic carbocycles. The minimum Gasteiger partial charge on any atom is -0.480 e. The second-order valence-electron chi connectivity index (χ2n) is 5.43. The number of benzene rings is 1. The number of aliphatic carboxylic acids is 1. The normalized spacial score (nSPS) is 14.9. The second-order valence-corrected chi connectivity index (χ2v) is 5.43. The third-order valence-corrected chi connectivity index (χ3v) is 3.82. The molecule has 1 aliphatic rings. The summed E-state index contributed by atoms with van der Waals surface area (Å²) in [4.78, 5) is 23.1. The van der Waals surface area contributed by atoms with Crippen LogP contribution in [0.4, 0.5) is 10.5 Å². The zero-order valence-electron chi connectivity index (χ0n) is 12.3. The molecule has 0 aromatic heterocycles. The molecule has 0 saturated carbocycles. The Morgan fingerprint density at radius 1 is 1.29 bits per heavy atom. The van der Waals surface area contributed by atoms with Gasteiger partial charge in [-0.15, -0.1) is 0 Å². The molecule has 1 aromatic carbocycles. The Labute approximate surface area is 124 Å². The molecule has 5 nitrogen and oxygen atoms in total. The molecule has 21 heavy (non-hydrogen) atoms. The van der Waals surface area contributed by atoms with E-state index in [9.17, 15) is 9.59 Å². The lowest BCUT2D eigenvalue weighted by atomic mass is 9.90. The van der Waals surface area contributed by atoms with E-state index in [1.807, 2.05) is 19.1 Å². The standard InChI is InChI=1S/C16H22N2O3/c1-2-6-14(15(19)20)18-16(21)17-13-10-5-8-11-7-3-4-9-12(11)13/h5,8,10,14H,2-4,6-7,9H2,1H3,(H,19,20)(H2,17,18,21)/t14-/m1/s1. The van der Waals surface area contributed by atoms with Gasteiger partial charge in [0, 0.05) is 5.69 Å². The predicted molar refractivity (Wildman–Crippen MR) is 81.6 cm³/mol. The van der Waals surface area contributed by atoms with Crippen LogP contribution in [0.2, 0.25) is 0 Å². The minimum absolute atomic E-state index is 0.426. The van der Waals surface area contributed by atoms with E-state index >= 15 is 0 Å². The lowest BCUT2D eigenvalue weighted by Gasteiger charge is -2.20. The summed E-state index contributed by atoms with van der Waals surface area (Å²) in [7, 11) is 0. The highest BCUT2D eigenvalue weighted by Gasteiger charge is 2.20. The fourth-order valence-electron chi connectivity index (χ4n) is 2.76. The number of carboxylic acid groups (broad SMARTS) is 1. The summed E-state index contributed by atoms with van der Waals surface area (Å²) in [6.07, 6.45) is 5.44. The van der Waals surface area contributed by atoms with E-state index in [0.29, 0.717) is 12.8 Å². The third-order valence-electron chi connectivity index (χ3n) is 3.82. The summed E-state index contributed by atoms with van der Waals surface area (Å²) in [5, 5.41) is 14.4. The van der Waals surface area contributed by atoms with Gasteiger partial charge in [-0.25, -0.2) is 9.59 Å². The fraction of sp³-hybridized carbons (Fsp3) is 0.500. The molecule has 0 aliphatic heterocycles. The molecule has 2 amide bonds. The maximum atomic E-state index is 12.0. The molecular weight excluding hydrogens is 268 g/mol. The van der Waals surface area contributed by atoms with Gasteiger partial charge in [-0.1, -0.05) is 25.5 Å². The summed E-state index contributed by atoms with van der Waals surface area (Å²) in [5.41, 5.74) is 3.26. The van der Waals surface area contributed by atoms with Gasteiger partial charge in [0.2, 0.25) is 0 Å². The first-order valence-corrected chi connectivity index (χ1v) is 7.53. The number of anilines is 1. The molecule has 0 radical (unpaired) electrons. The Balaban J connectivity index is 2.04. The molecule has 0 spiro atoms. The Hall–Kier alpha value is -2.04. The van der Waals surface area contributed by atoms with Crippen molar-refractivity contribution < 1.29 is 14.7 Å². The number of fused-ring (bicyclic) bond motifs is 1. The van der Waals surface area contributed by atoms with E-state index in [4.69, 9.17) is 5.11 Å². The number of hydrogen-bond acceptors (Lipinski definition) is 2. The van der Waals surface area contributed by atoms with Crippen LogP contribution in [0.15, 0.2) is 18.2 Å². The van der Waals surface area contributed by atoms with Crippen LogP contribution in [0.25, 0.3) is 0 Å². The molecule has 1 aromatic rings. The van der Waals surface area contributed by atoms with Crippen molar-refractivity contribution >= 4 is 17.7 Å². The molecule has 0 bridgehead atoms. The van der Waals surface area contributed by atoms with E-state index in [1.54, 1.807) is 0 Å². The van der Waals surface area contributed by atoms with E-state index in [0.717, 1.165) is 24.9 Å². The number of carbonyl (C=O) groups is 2. The van der Waals surface area contributed by atoms with E-state index in [1.165, 1.54) is 17.5 Å². The van der Waals surface area contributed by atoms with Gasteiger partial charge in [0.05, 0.1) is 0 Å².